The van der Waals surface area contributed by atoms with Crippen molar-refractivity contribution in [2.75, 3.05) is 5.32 Å². The fourth-order valence-corrected chi connectivity index (χ4v) is 1.48. The van der Waals surface area contributed by atoms with Crippen molar-refractivity contribution in [3.05, 3.63) is 29.3 Å². The SMILES string of the molecule is CCc1cccc(C)c1NC(=O)C(C)(C)N. The summed E-state index contributed by atoms with van der Waals surface area (Å²) in [5.41, 5.74) is 8.00. The molecule has 1 aromatic carbocycles. The van der Waals surface area contributed by atoms with Gasteiger partial charge < -0.3 is 11.1 Å². The molecule has 3 heteroatoms. The molecule has 0 saturated heterocycles. The van der Waals surface area contributed by atoms with Gasteiger partial charge in [-0.05, 0) is 38.3 Å². The quantitative estimate of drug-likeness (QED) is 0.820. The first-order valence-electron chi connectivity index (χ1n) is 5.55. The number of hydrogen-bond acceptors (Lipinski definition) is 2. The molecule has 0 unspecified atom stereocenters. The molecule has 0 atom stereocenters. The van der Waals surface area contributed by atoms with E-state index >= 15 is 0 Å². The van der Waals surface area contributed by atoms with Crippen LogP contribution in [0.1, 0.15) is 31.9 Å². The van der Waals surface area contributed by atoms with Crippen LogP contribution in [0.5, 0.6) is 0 Å². The molecule has 0 heterocycles. The Labute approximate surface area is 97.0 Å². The number of nitrogens with one attached hydrogen (secondary N) is 1. The zero-order valence-electron chi connectivity index (χ0n) is 10.4. The third kappa shape index (κ3) is 2.83. The van der Waals surface area contributed by atoms with E-state index in [9.17, 15) is 4.79 Å². The van der Waals surface area contributed by atoms with Gasteiger partial charge in [-0.25, -0.2) is 0 Å². The van der Waals surface area contributed by atoms with Gasteiger partial charge in [-0.15, -0.1) is 0 Å². The monoisotopic (exact) mass is 220 g/mol. The summed E-state index contributed by atoms with van der Waals surface area (Å²) in [5, 5.41) is 2.91. The van der Waals surface area contributed by atoms with Gasteiger partial charge in [0, 0.05) is 5.69 Å². The molecule has 0 spiro atoms. The fourth-order valence-electron chi connectivity index (χ4n) is 1.48. The number of aryl methyl sites for hydroxylation is 2. The minimum atomic E-state index is -0.854. The Kier molecular flexibility index (Phi) is 3.70. The molecule has 0 saturated carbocycles. The average molecular weight is 220 g/mol. The lowest BCUT2D eigenvalue weighted by molar-refractivity contribution is -0.120. The normalized spacial score (nSPS) is 11.3. The number of rotatable bonds is 3. The van der Waals surface area contributed by atoms with Gasteiger partial charge in [0.2, 0.25) is 5.91 Å². The van der Waals surface area contributed by atoms with Crippen molar-refractivity contribution in [3.63, 3.8) is 0 Å². The van der Waals surface area contributed by atoms with Crippen LogP contribution in [0.3, 0.4) is 0 Å². The molecule has 1 aromatic rings. The van der Waals surface area contributed by atoms with Crippen molar-refractivity contribution in [2.24, 2.45) is 5.73 Å². The van der Waals surface area contributed by atoms with E-state index in [-0.39, 0.29) is 5.91 Å². The average Bonchev–Trinajstić information content (AvgIpc) is 2.19. The van der Waals surface area contributed by atoms with Crippen LogP contribution >= 0.6 is 0 Å². The number of nitrogens with two attached hydrogens (primary N) is 1. The van der Waals surface area contributed by atoms with Crippen LogP contribution in [0.15, 0.2) is 18.2 Å². The minimum absolute atomic E-state index is 0.156. The van der Waals surface area contributed by atoms with Crippen molar-refractivity contribution < 1.29 is 4.79 Å². The van der Waals surface area contributed by atoms with Gasteiger partial charge in [0.25, 0.3) is 0 Å². The van der Waals surface area contributed by atoms with E-state index in [2.05, 4.69) is 12.2 Å². The lowest BCUT2D eigenvalue weighted by atomic mass is 10.0. The zero-order chi connectivity index (χ0) is 12.3. The Bertz CT molecular complexity index is 391. The molecule has 0 aliphatic carbocycles. The van der Waals surface area contributed by atoms with Crippen LogP contribution in [0.4, 0.5) is 5.69 Å². The second-order valence-electron chi connectivity index (χ2n) is 4.64. The second kappa shape index (κ2) is 4.66. The third-order valence-corrected chi connectivity index (χ3v) is 2.56. The molecule has 88 valence electrons. The fraction of sp³-hybridized carbons (Fsp3) is 0.462. The van der Waals surface area contributed by atoms with E-state index in [1.54, 1.807) is 13.8 Å². The van der Waals surface area contributed by atoms with E-state index in [1.807, 2.05) is 25.1 Å². The molecule has 16 heavy (non-hydrogen) atoms. The molecule has 0 aliphatic heterocycles. The van der Waals surface area contributed by atoms with Gasteiger partial charge in [0.05, 0.1) is 5.54 Å². The summed E-state index contributed by atoms with van der Waals surface area (Å²) in [6.07, 6.45) is 0.891. The first-order valence-corrected chi connectivity index (χ1v) is 5.55. The number of benzene rings is 1. The highest BCUT2D eigenvalue weighted by atomic mass is 16.2. The maximum absolute atomic E-state index is 11.8. The maximum Gasteiger partial charge on any atom is 0.243 e. The molecule has 1 amide bonds. The molecule has 0 bridgehead atoms. The summed E-state index contributed by atoms with van der Waals surface area (Å²) >= 11 is 0. The van der Waals surface area contributed by atoms with Gasteiger partial charge in [-0.1, -0.05) is 25.1 Å². The van der Waals surface area contributed by atoms with Crippen LogP contribution < -0.4 is 11.1 Å². The molecular formula is C13H20N2O. The van der Waals surface area contributed by atoms with Crippen molar-refractivity contribution in [3.8, 4) is 0 Å². The van der Waals surface area contributed by atoms with Crippen molar-refractivity contribution in [2.45, 2.75) is 39.7 Å². The molecule has 3 nitrogen and oxygen atoms in total. The predicted molar refractivity (Wildman–Crippen MR) is 67.5 cm³/mol. The largest absolute Gasteiger partial charge is 0.324 e. The number of hydrogen-bond donors (Lipinski definition) is 2. The van der Waals surface area contributed by atoms with Crippen LogP contribution in [0, 0.1) is 6.92 Å². The van der Waals surface area contributed by atoms with Gasteiger partial charge in [-0.3, -0.25) is 4.79 Å². The standard InChI is InChI=1S/C13H20N2O/c1-5-10-8-6-7-9(2)11(10)15-12(16)13(3,4)14/h6-8H,5,14H2,1-4H3,(H,15,16). The second-order valence-corrected chi connectivity index (χ2v) is 4.64. The topological polar surface area (TPSA) is 55.1 Å². The summed E-state index contributed by atoms with van der Waals surface area (Å²) in [6.45, 7) is 7.45. The first-order chi connectivity index (χ1) is 7.36. The van der Waals surface area contributed by atoms with E-state index in [1.165, 1.54) is 0 Å². The van der Waals surface area contributed by atoms with Crippen molar-refractivity contribution in [1.82, 2.24) is 0 Å². The van der Waals surface area contributed by atoms with Gasteiger partial charge in [0.15, 0.2) is 0 Å². The number of carbonyl (C=O) groups is 1. The summed E-state index contributed by atoms with van der Waals surface area (Å²) in [7, 11) is 0. The highest BCUT2D eigenvalue weighted by molar-refractivity contribution is 5.98. The van der Waals surface area contributed by atoms with Crippen LogP contribution in [0.25, 0.3) is 0 Å². The van der Waals surface area contributed by atoms with E-state index in [0.717, 1.165) is 23.2 Å². The van der Waals surface area contributed by atoms with E-state index in [0.29, 0.717) is 0 Å². The number of anilines is 1. The number of carbonyl (C=O) groups excluding carboxylic acids is 1. The Morgan fingerprint density at radius 1 is 1.44 bits per heavy atom. The predicted octanol–water partition coefficient (Wildman–Crippen LogP) is 2.23. The zero-order valence-corrected chi connectivity index (χ0v) is 10.4. The molecule has 0 radical (unpaired) electrons. The maximum atomic E-state index is 11.8. The molecule has 3 N–H and O–H groups in total. The van der Waals surface area contributed by atoms with Gasteiger partial charge >= 0.3 is 0 Å². The molecule has 0 aromatic heterocycles. The molecule has 1 rings (SSSR count). The molecule has 0 aliphatic rings. The Morgan fingerprint density at radius 3 is 2.56 bits per heavy atom. The first kappa shape index (κ1) is 12.7. The van der Waals surface area contributed by atoms with Gasteiger partial charge in [-0.2, -0.15) is 0 Å². The lowest BCUT2D eigenvalue weighted by Crippen LogP contribution is -2.45. The summed E-state index contributed by atoms with van der Waals surface area (Å²) in [4.78, 5) is 11.8. The van der Waals surface area contributed by atoms with Crippen molar-refractivity contribution >= 4 is 11.6 Å². The van der Waals surface area contributed by atoms with E-state index < -0.39 is 5.54 Å². The minimum Gasteiger partial charge on any atom is -0.324 e. The lowest BCUT2D eigenvalue weighted by Gasteiger charge is -2.20. The van der Waals surface area contributed by atoms with Crippen molar-refractivity contribution in [1.29, 1.82) is 0 Å². The summed E-state index contributed by atoms with van der Waals surface area (Å²) < 4.78 is 0. The summed E-state index contributed by atoms with van der Waals surface area (Å²) in [5.74, 6) is -0.156. The van der Waals surface area contributed by atoms with Crippen LogP contribution in [0.2, 0.25) is 0 Å². The Hall–Kier alpha value is -1.35. The third-order valence-electron chi connectivity index (χ3n) is 2.56. The summed E-state index contributed by atoms with van der Waals surface area (Å²) in [6, 6.07) is 6.00. The molecular weight excluding hydrogens is 200 g/mol. The van der Waals surface area contributed by atoms with Gasteiger partial charge in [0.1, 0.15) is 0 Å². The van der Waals surface area contributed by atoms with Crippen LogP contribution in [-0.4, -0.2) is 11.4 Å². The number of amides is 1. The number of para-hydroxylation sites is 1. The van der Waals surface area contributed by atoms with Crippen LogP contribution in [-0.2, 0) is 11.2 Å². The highest BCUT2D eigenvalue weighted by Gasteiger charge is 2.22. The van der Waals surface area contributed by atoms with E-state index in [4.69, 9.17) is 5.73 Å². The molecule has 0 fully saturated rings. The Balaban J connectivity index is 3.01. The smallest absolute Gasteiger partial charge is 0.243 e. The Morgan fingerprint density at radius 2 is 2.06 bits per heavy atom. The highest BCUT2D eigenvalue weighted by Crippen LogP contribution is 2.21.